The number of nitrogens with one attached hydrogen (secondary N) is 1. The number of rotatable bonds is 7. The highest BCUT2D eigenvalue weighted by Gasteiger charge is 2.33. The number of carbonyl (C=O) groups excluding carboxylic acids is 2. The molecule has 1 aliphatic heterocycles. The molecule has 0 radical (unpaired) electrons. The molecule has 1 saturated heterocycles. The number of nitrogens with zero attached hydrogens (tertiary/aromatic N) is 2. The van der Waals surface area contributed by atoms with Crippen molar-refractivity contribution in [2.24, 2.45) is 5.10 Å². The Labute approximate surface area is 178 Å². The number of benzene rings is 2. The second-order valence-electron chi connectivity index (χ2n) is 6.03. The van der Waals surface area contributed by atoms with E-state index in [4.69, 9.17) is 21.7 Å². The number of hydrogen-bond acceptors (Lipinski definition) is 7. The summed E-state index contributed by atoms with van der Waals surface area (Å²) in [6.45, 7) is 1.63. The zero-order valence-electron chi connectivity index (χ0n) is 15.8. The van der Waals surface area contributed by atoms with Crippen LogP contribution in [0.5, 0.6) is 11.5 Å². The second-order valence-corrected chi connectivity index (χ2v) is 8.01. The first-order chi connectivity index (χ1) is 14.0. The number of ether oxygens (including phenoxy) is 2. The minimum absolute atomic E-state index is 0.146. The number of methoxy groups -OCH3 is 1. The molecule has 0 bridgehead atoms. The lowest BCUT2D eigenvalue weighted by molar-refractivity contribution is -0.125. The van der Waals surface area contributed by atoms with Gasteiger partial charge in [0.2, 0.25) is 0 Å². The van der Waals surface area contributed by atoms with E-state index in [1.54, 1.807) is 37.3 Å². The minimum Gasteiger partial charge on any atom is -0.493 e. The van der Waals surface area contributed by atoms with E-state index in [9.17, 15) is 9.59 Å². The molecule has 9 heteroatoms. The van der Waals surface area contributed by atoms with Gasteiger partial charge in [-0.25, -0.2) is 0 Å². The highest BCUT2D eigenvalue weighted by atomic mass is 32.2. The Morgan fingerprint density at radius 1 is 1.28 bits per heavy atom. The van der Waals surface area contributed by atoms with Crippen molar-refractivity contribution in [3.8, 4) is 11.5 Å². The Hall–Kier alpha value is -2.91. The molecule has 29 heavy (non-hydrogen) atoms. The van der Waals surface area contributed by atoms with Crippen LogP contribution in [-0.2, 0) is 9.59 Å². The molecule has 1 atom stereocenters. The summed E-state index contributed by atoms with van der Waals surface area (Å²) in [7, 11) is 1.50. The van der Waals surface area contributed by atoms with Crippen molar-refractivity contribution in [3.63, 3.8) is 0 Å². The summed E-state index contributed by atoms with van der Waals surface area (Å²) in [6, 6.07) is 14.3. The fourth-order valence-corrected chi connectivity index (χ4v) is 3.80. The van der Waals surface area contributed by atoms with Gasteiger partial charge in [-0.3, -0.25) is 9.59 Å². The first-order valence-corrected chi connectivity index (χ1v) is 10.0. The van der Waals surface area contributed by atoms with Gasteiger partial charge in [-0.05, 0) is 42.8 Å². The topological polar surface area (TPSA) is 80.2 Å². The van der Waals surface area contributed by atoms with Crippen molar-refractivity contribution in [2.45, 2.75) is 12.2 Å². The maximum Gasteiger partial charge on any atom is 0.262 e. The van der Waals surface area contributed by atoms with Gasteiger partial charge in [0.05, 0.1) is 18.6 Å². The average molecular weight is 430 g/mol. The average Bonchev–Trinajstić information content (AvgIpc) is 2.97. The molecule has 1 fully saturated rings. The van der Waals surface area contributed by atoms with Crippen LogP contribution in [0.1, 0.15) is 12.5 Å². The van der Waals surface area contributed by atoms with Gasteiger partial charge in [0.25, 0.3) is 11.8 Å². The fraction of sp³-hybridized carbons (Fsp3) is 0.200. The molecule has 0 spiro atoms. The quantitative estimate of drug-likeness (QED) is 0.537. The van der Waals surface area contributed by atoms with Crippen LogP contribution in [0.4, 0.5) is 5.69 Å². The van der Waals surface area contributed by atoms with Crippen molar-refractivity contribution in [1.82, 2.24) is 5.01 Å². The predicted octanol–water partition coefficient (Wildman–Crippen LogP) is 3.30. The van der Waals surface area contributed by atoms with Crippen LogP contribution < -0.4 is 14.8 Å². The van der Waals surface area contributed by atoms with Crippen LogP contribution in [0, 0.1) is 0 Å². The maximum atomic E-state index is 12.0. The molecule has 1 unspecified atom stereocenters. The lowest BCUT2D eigenvalue weighted by atomic mass is 10.2. The van der Waals surface area contributed by atoms with Gasteiger partial charge in [0.1, 0.15) is 0 Å². The molecule has 2 amide bonds. The molecule has 3 rings (SSSR count). The Morgan fingerprint density at radius 2 is 2.03 bits per heavy atom. The zero-order chi connectivity index (χ0) is 20.8. The van der Waals surface area contributed by atoms with E-state index in [0.717, 1.165) is 0 Å². The van der Waals surface area contributed by atoms with Crippen LogP contribution in [0.15, 0.2) is 53.6 Å². The number of hydrogen-bond donors (Lipinski definition) is 1. The first-order valence-electron chi connectivity index (χ1n) is 8.72. The maximum absolute atomic E-state index is 12.0. The molecule has 2 aromatic rings. The number of hydrazone groups is 1. The zero-order valence-corrected chi connectivity index (χ0v) is 17.5. The van der Waals surface area contributed by atoms with Crippen LogP contribution in [-0.4, -0.2) is 46.3 Å². The minimum atomic E-state index is -0.281. The number of carbonyl (C=O) groups is 2. The standard InChI is InChI=1S/C20H19N3O4S2/c1-13-19(25)23(20(28)29-13)21-11-14-8-9-16(17(10-14)26-2)27-12-18(24)22-15-6-4-3-5-7-15/h3-11,13H,12H2,1-2H3,(H,22,24)/b21-11+. The monoisotopic (exact) mass is 429 g/mol. The van der Waals surface area contributed by atoms with Crippen molar-refractivity contribution < 1.29 is 19.1 Å². The van der Waals surface area contributed by atoms with E-state index in [-0.39, 0.29) is 23.7 Å². The first kappa shape index (κ1) is 20.8. The second kappa shape index (κ2) is 9.53. The summed E-state index contributed by atoms with van der Waals surface area (Å²) >= 11 is 6.46. The van der Waals surface area contributed by atoms with Crippen molar-refractivity contribution in [1.29, 1.82) is 0 Å². The van der Waals surface area contributed by atoms with Gasteiger partial charge in [0, 0.05) is 5.69 Å². The largest absolute Gasteiger partial charge is 0.493 e. The highest BCUT2D eigenvalue weighted by Crippen LogP contribution is 2.29. The van der Waals surface area contributed by atoms with Gasteiger partial charge >= 0.3 is 0 Å². The Morgan fingerprint density at radius 3 is 2.69 bits per heavy atom. The lowest BCUT2D eigenvalue weighted by Gasteiger charge is -2.12. The molecule has 150 valence electrons. The van der Waals surface area contributed by atoms with Crippen molar-refractivity contribution in [2.75, 3.05) is 19.0 Å². The van der Waals surface area contributed by atoms with E-state index in [1.165, 1.54) is 30.1 Å². The van der Waals surface area contributed by atoms with Crippen LogP contribution in [0.3, 0.4) is 0 Å². The van der Waals surface area contributed by atoms with Gasteiger partial charge in [-0.15, -0.1) is 0 Å². The van der Waals surface area contributed by atoms with Gasteiger partial charge < -0.3 is 14.8 Å². The summed E-state index contributed by atoms with van der Waals surface area (Å²) in [5.74, 6) is 0.438. The summed E-state index contributed by atoms with van der Waals surface area (Å²) in [4.78, 5) is 24.1. The number of amides is 2. The molecule has 7 nitrogen and oxygen atoms in total. The fourth-order valence-electron chi connectivity index (χ4n) is 2.49. The Kier molecular flexibility index (Phi) is 6.84. The molecule has 0 aliphatic carbocycles. The molecule has 0 saturated carbocycles. The van der Waals surface area contributed by atoms with E-state index in [0.29, 0.717) is 27.1 Å². The Bertz CT molecular complexity index is 950. The van der Waals surface area contributed by atoms with Crippen LogP contribution >= 0.6 is 24.0 Å². The van der Waals surface area contributed by atoms with E-state index in [1.807, 2.05) is 18.2 Å². The molecular formula is C20H19N3O4S2. The summed E-state index contributed by atoms with van der Waals surface area (Å²) in [5, 5.41) is 7.90. The van der Waals surface area contributed by atoms with Gasteiger partial charge in [0.15, 0.2) is 22.4 Å². The van der Waals surface area contributed by atoms with E-state index >= 15 is 0 Å². The molecular weight excluding hydrogens is 410 g/mol. The third-order valence-electron chi connectivity index (χ3n) is 3.93. The lowest BCUT2D eigenvalue weighted by Crippen LogP contribution is -2.25. The van der Waals surface area contributed by atoms with Gasteiger partial charge in [-0.1, -0.05) is 42.2 Å². The van der Waals surface area contributed by atoms with Crippen molar-refractivity contribution >= 4 is 52.0 Å². The van der Waals surface area contributed by atoms with Crippen molar-refractivity contribution in [3.05, 3.63) is 54.1 Å². The summed E-state index contributed by atoms with van der Waals surface area (Å²) in [5.41, 5.74) is 1.39. The Balaban J connectivity index is 1.63. The third kappa shape index (κ3) is 5.33. The molecule has 1 heterocycles. The number of anilines is 1. The molecule has 0 aromatic heterocycles. The van der Waals surface area contributed by atoms with Gasteiger partial charge in [-0.2, -0.15) is 10.1 Å². The number of thioether (sulfide) groups is 1. The van der Waals surface area contributed by atoms with E-state index < -0.39 is 0 Å². The normalized spacial score (nSPS) is 16.3. The number of para-hydroxylation sites is 1. The number of thiocarbonyl (C=S) groups is 1. The predicted molar refractivity (Wildman–Crippen MR) is 118 cm³/mol. The summed E-state index contributed by atoms with van der Waals surface area (Å²) < 4.78 is 11.3. The molecule has 1 aliphatic rings. The highest BCUT2D eigenvalue weighted by molar-refractivity contribution is 8.24. The SMILES string of the molecule is COc1cc(/C=N/N2C(=O)C(C)SC2=S)ccc1OCC(=O)Nc1ccccc1. The third-order valence-corrected chi connectivity index (χ3v) is 5.32. The van der Waals surface area contributed by atoms with Crippen LogP contribution in [0.2, 0.25) is 0 Å². The smallest absolute Gasteiger partial charge is 0.262 e. The summed E-state index contributed by atoms with van der Waals surface area (Å²) in [6.07, 6.45) is 1.53. The van der Waals surface area contributed by atoms with E-state index in [2.05, 4.69) is 10.4 Å². The van der Waals surface area contributed by atoms with Crippen LogP contribution in [0.25, 0.3) is 0 Å². The molecule has 2 aromatic carbocycles. The molecule has 1 N–H and O–H groups in total.